The lowest BCUT2D eigenvalue weighted by atomic mass is 9.95. The van der Waals surface area contributed by atoms with Crippen molar-refractivity contribution in [1.29, 1.82) is 5.26 Å². The highest BCUT2D eigenvalue weighted by atomic mass is 32.1. The van der Waals surface area contributed by atoms with Crippen LogP contribution in [0.1, 0.15) is 49.2 Å². The van der Waals surface area contributed by atoms with Crippen molar-refractivity contribution >= 4 is 11.3 Å². The van der Waals surface area contributed by atoms with Crippen LogP contribution in [0.25, 0.3) is 0 Å². The van der Waals surface area contributed by atoms with Gasteiger partial charge < -0.3 is 4.90 Å². The quantitative estimate of drug-likeness (QED) is 0.840. The van der Waals surface area contributed by atoms with Gasteiger partial charge in [-0.15, -0.1) is 11.3 Å². The minimum atomic E-state index is -0.0509. The number of hydrogen-bond acceptors (Lipinski definition) is 4. The van der Waals surface area contributed by atoms with Crippen LogP contribution in [0.15, 0.2) is 5.38 Å². The van der Waals surface area contributed by atoms with Gasteiger partial charge in [0.2, 0.25) is 0 Å². The van der Waals surface area contributed by atoms with E-state index in [0.717, 1.165) is 11.6 Å². The molecule has 0 aliphatic carbocycles. The molecule has 2 heterocycles. The summed E-state index contributed by atoms with van der Waals surface area (Å²) in [7, 11) is 2.17. The second-order valence-electron chi connectivity index (χ2n) is 5.56. The first-order valence-electron chi connectivity index (χ1n) is 6.65. The van der Waals surface area contributed by atoms with Crippen molar-refractivity contribution in [3.05, 3.63) is 16.1 Å². The van der Waals surface area contributed by atoms with Gasteiger partial charge in [-0.05, 0) is 32.4 Å². The summed E-state index contributed by atoms with van der Waals surface area (Å²) >= 11 is 1.65. The molecule has 3 nitrogen and oxygen atoms in total. The molecule has 98 valence electrons. The van der Waals surface area contributed by atoms with Crippen LogP contribution in [0.4, 0.5) is 0 Å². The molecular weight excluding hydrogens is 242 g/mol. The predicted octanol–water partition coefficient (Wildman–Crippen LogP) is 3.22. The van der Waals surface area contributed by atoms with E-state index in [4.69, 9.17) is 4.98 Å². The molecule has 0 amide bonds. The lowest BCUT2D eigenvalue weighted by Gasteiger charge is -2.28. The topological polar surface area (TPSA) is 39.9 Å². The van der Waals surface area contributed by atoms with Crippen molar-refractivity contribution in [2.75, 3.05) is 20.1 Å². The van der Waals surface area contributed by atoms with E-state index in [-0.39, 0.29) is 5.92 Å². The Hall–Kier alpha value is -0.920. The molecule has 2 atom stereocenters. The molecule has 18 heavy (non-hydrogen) atoms. The highest BCUT2D eigenvalue weighted by molar-refractivity contribution is 7.09. The zero-order valence-electron chi connectivity index (χ0n) is 11.4. The van der Waals surface area contributed by atoms with E-state index in [2.05, 4.69) is 37.2 Å². The highest BCUT2D eigenvalue weighted by Gasteiger charge is 2.24. The Morgan fingerprint density at radius 3 is 2.94 bits per heavy atom. The number of nitriles is 1. The van der Waals surface area contributed by atoms with E-state index in [9.17, 15) is 5.26 Å². The van der Waals surface area contributed by atoms with Crippen LogP contribution >= 0.6 is 11.3 Å². The molecule has 2 unspecified atom stereocenters. The van der Waals surface area contributed by atoms with E-state index < -0.39 is 0 Å². The summed E-state index contributed by atoms with van der Waals surface area (Å²) in [4.78, 5) is 7.10. The maximum absolute atomic E-state index is 9.22. The second kappa shape index (κ2) is 5.81. The van der Waals surface area contributed by atoms with Crippen molar-refractivity contribution in [1.82, 2.24) is 9.88 Å². The van der Waals surface area contributed by atoms with Gasteiger partial charge in [0.1, 0.15) is 10.9 Å². The van der Waals surface area contributed by atoms with E-state index >= 15 is 0 Å². The maximum atomic E-state index is 9.22. The van der Waals surface area contributed by atoms with Crippen LogP contribution in [0.2, 0.25) is 0 Å². The van der Waals surface area contributed by atoms with Crippen LogP contribution in [-0.2, 0) is 0 Å². The van der Waals surface area contributed by atoms with Gasteiger partial charge in [0, 0.05) is 17.8 Å². The van der Waals surface area contributed by atoms with Crippen LogP contribution in [-0.4, -0.2) is 30.0 Å². The van der Waals surface area contributed by atoms with Gasteiger partial charge in [-0.3, -0.25) is 0 Å². The molecule has 1 fully saturated rings. The summed E-state index contributed by atoms with van der Waals surface area (Å²) in [6.45, 7) is 6.47. The number of aromatic nitrogens is 1. The highest BCUT2D eigenvalue weighted by Crippen LogP contribution is 2.31. The Morgan fingerprint density at radius 2 is 2.33 bits per heavy atom. The molecular formula is C14H21N3S. The van der Waals surface area contributed by atoms with Gasteiger partial charge in [-0.25, -0.2) is 4.98 Å². The number of rotatable bonds is 3. The maximum Gasteiger partial charge on any atom is 0.110 e. The molecule has 1 aromatic rings. The first-order chi connectivity index (χ1) is 8.61. The van der Waals surface area contributed by atoms with Crippen LogP contribution < -0.4 is 0 Å². The van der Waals surface area contributed by atoms with Gasteiger partial charge in [0.05, 0.1) is 11.8 Å². The SMILES string of the molecule is CC(C)C(C#N)c1nc(C2CCCN(C)C2)cs1. The summed E-state index contributed by atoms with van der Waals surface area (Å²) < 4.78 is 0. The minimum absolute atomic E-state index is 0.0509. The summed E-state index contributed by atoms with van der Waals surface area (Å²) in [6, 6.07) is 2.38. The minimum Gasteiger partial charge on any atom is -0.306 e. The second-order valence-corrected chi connectivity index (χ2v) is 6.45. The number of nitrogens with zero attached hydrogens (tertiary/aromatic N) is 3. The first kappa shape index (κ1) is 13.5. The monoisotopic (exact) mass is 263 g/mol. The third-order valence-electron chi connectivity index (χ3n) is 3.65. The number of likely N-dealkylation sites (N-methyl/N-ethyl adjacent to an activating group) is 1. The van der Waals surface area contributed by atoms with E-state index in [1.54, 1.807) is 11.3 Å². The third-order valence-corrected chi connectivity index (χ3v) is 4.60. The summed E-state index contributed by atoms with van der Waals surface area (Å²) in [6.07, 6.45) is 2.48. The molecule has 1 aliphatic rings. The molecule has 1 saturated heterocycles. The van der Waals surface area contributed by atoms with Crippen molar-refractivity contribution < 1.29 is 0 Å². The Labute approximate surface area is 113 Å². The van der Waals surface area contributed by atoms with E-state index in [1.807, 2.05) is 0 Å². The summed E-state index contributed by atoms with van der Waals surface area (Å²) in [5.74, 6) is 0.841. The predicted molar refractivity (Wildman–Crippen MR) is 74.8 cm³/mol. The normalized spacial score (nSPS) is 22.9. The van der Waals surface area contributed by atoms with Crippen molar-refractivity contribution in [2.45, 2.75) is 38.5 Å². The molecule has 0 spiro atoms. The molecule has 0 saturated carbocycles. The molecule has 2 rings (SSSR count). The average Bonchev–Trinajstić information content (AvgIpc) is 2.79. The number of hydrogen-bond donors (Lipinski definition) is 0. The van der Waals surface area contributed by atoms with Crippen molar-refractivity contribution in [3.63, 3.8) is 0 Å². The van der Waals surface area contributed by atoms with E-state index in [1.165, 1.54) is 25.1 Å². The zero-order chi connectivity index (χ0) is 13.1. The molecule has 0 bridgehead atoms. The summed E-state index contributed by atoms with van der Waals surface area (Å²) in [5, 5.41) is 12.4. The van der Waals surface area contributed by atoms with Crippen LogP contribution in [0.5, 0.6) is 0 Å². The fourth-order valence-corrected chi connectivity index (χ4v) is 3.64. The molecule has 1 aromatic heterocycles. The van der Waals surface area contributed by atoms with Gasteiger partial charge in [0.15, 0.2) is 0 Å². The smallest absolute Gasteiger partial charge is 0.110 e. The summed E-state index contributed by atoms with van der Waals surface area (Å²) in [5.41, 5.74) is 1.20. The number of piperidine rings is 1. The van der Waals surface area contributed by atoms with Gasteiger partial charge in [-0.1, -0.05) is 13.8 Å². The average molecular weight is 263 g/mol. The largest absolute Gasteiger partial charge is 0.306 e. The van der Waals surface area contributed by atoms with Gasteiger partial charge >= 0.3 is 0 Å². The molecule has 4 heteroatoms. The standard InChI is InChI=1S/C14H21N3S/c1-10(2)12(7-15)14-16-13(9-18-14)11-5-4-6-17(3)8-11/h9-12H,4-6,8H2,1-3H3. The molecule has 1 aliphatic heterocycles. The third kappa shape index (κ3) is 2.90. The van der Waals surface area contributed by atoms with E-state index in [0.29, 0.717) is 11.8 Å². The van der Waals surface area contributed by atoms with Crippen molar-refractivity contribution in [2.24, 2.45) is 5.92 Å². The zero-order valence-corrected chi connectivity index (χ0v) is 12.2. The lowest BCUT2D eigenvalue weighted by Crippen LogP contribution is -2.30. The fraction of sp³-hybridized carbons (Fsp3) is 0.714. The number of likely N-dealkylation sites (tertiary alicyclic amines) is 1. The molecule has 0 radical (unpaired) electrons. The Balaban J connectivity index is 2.12. The fourth-order valence-electron chi connectivity index (χ4n) is 2.53. The molecule has 0 aromatic carbocycles. The molecule has 0 N–H and O–H groups in total. The first-order valence-corrected chi connectivity index (χ1v) is 7.53. The lowest BCUT2D eigenvalue weighted by molar-refractivity contribution is 0.248. The van der Waals surface area contributed by atoms with Gasteiger partial charge in [0.25, 0.3) is 0 Å². The number of thiazole rings is 1. The van der Waals surface area contributed by atoms with Crippen LogP contribution in [0.3, 0.4) is 0 Å². The van der Waals surface area contributed by atoms with Gasteiger partial charge in [-0.2, -0.15) is 5.26 Å². The Kier molecular flexibility index (Phi) is 4.36. The van der Waals surface area contributed by atoms with Crippen molar-refractivity contribution in [3.8, 4) is 6.07 Å². The Morgan fingerprint density at radius 1 is 1.56 bits per heavy atom. The Bertz CT molecular complexity index is 432. The van der Waals surface area contributed by atoms with Crippen LogP contribution in [0, 0.1) is 17.2 Å².